The summed E-state index contributed by atoms with van der Waals surface area (Å²) in [4.78, 5) is 2.53. The maximum absolute atomic E-state index is 3.65. The molecule has 2 heteroatoms. The lowest BCUT2D eigenvalue weighted by atomic mass is 10.0. The molecule has 0 bridgehead atoms. The Morgan fingerprint density at radius 2 is 2.00 bits per heavy atom. The third-order valence-corrected chi connectivity index (χ3v) is 3.39. The Balaban J connectivity index is 2.26. The molecule has 1 aliphatic rings. The molecule has 0 aliphatic heterocycles. The first-order chi connectivity index (χ1) is 7.15. The van der Waals surface area contributed by atoms with Crippen molar-refractivity contribution >= 4 is 0 Å². The molecule has 0 aromatic heterocycles. The van der Waals surface area contributed by atoms with Gasteiger partial charge in [-0.05, 0) is 38.8 Å². The Bertz CT molecular complexity index is 164. The number of hydrogen-bond acceptors (Lipinski definition) is 2. The third-order valence-electron chi connectivity index (χ3n) is 3.39. The normalized spacial score (nSPS) is 18.8. The topological polar surface area (TPSA) is 15.3 Å². The van der Waals surface area contributed by atoms with E-state index in [9.17, 15) is 0 Å². The second kappa shape index (κ2) is 6.49. The smallest absolute Gasteiger partial charge is 0.0240 e. The van der Waals surface area contributed by atoms with Gasteiger partial charge >= 0.3 is 0 Å². The van der Waals surface area contributed by atoms with E-state index in [1.165, 1.54) is 38.8 Å². The summed E-state index contributed by atoms with van der Waals surface area (Å²) in [6.07, 6.45) is 5.40. The van der Waals surface area contributed by atoms with Gasteiger partial charge in [-0.25, -0.2) is 0 Å². The molecule has 0 saturated heterocycles. The van der Waals surface area contributed by atoms with Crippen molar-refractivity contribution in [1.29, 1.82) is 0 Å². The van der Waals surface area contributed by atoms with Crippen LogP contribution in [0.2, 0.25) is 0 Å². The minimum atomic E-state index is 0.706. The predicted molar refractivity (Wildman–Crippen MR) is 67.2 cm³/mol. The Labute approximate surface area is 95.4 Å². The molecule has 1 unspecified atom stereocenters. The fourth-order valence-corrected chi connectivity index (χ4v) is 2.05. The first-order valence-corrected chi connectivity index (χ1v) is 6.58. The molecule has 0 amide bonds. The molecule has 0 heterocycles. The van der Waals surface area contributed by atoms with E-state index in [0.717, 1.165) is 12.0 Å². The number of likely N-dealkylation sites (N-methyl/N-ethyl adjacent to an activating group) is 1. The lowest BCUT2D eigenvalue weighted by molar-refractivity contribution is 0.184. The average Bonchev–Trinajstić information content (AvgIpc) is 2.98. The van der Waals surface area contributed by atoms with E-state index in [0.29, 0.717) is 6.04 Å². The van der Waals surface area contributed by atoms with Crippen LogP contribution < -0.4 is 5.32 Å². The molecule has 1 rings (SSSR count). The van der Waals surface area contributed by atoms with Crippen molar-refractivity contribution < 1.29 is 0 Å². The molecule has 1 atom stereocenters. The van der Waals surface area contributed by atoms with Crippen LogP contribution in [0.15, 0.2) is 0 Å². The lowest BCUT2D eigenvalue weighted by Gasteiger charge is -2.31. The SMILES string of the molecule is CCCCN(C)C(CNC1CC1)C(C)C. The van der Waals surface area contributed by atoms with Crippen molar-refractivity contribution in [2.45, 2.75) is 58.5 Å². The van der Waals surface area contributed by atoms with E-state index in [4.69, 9.17) is 0 Å². The summed E-state index contributed by atoms with van der Waals surface area (Å²) in [7, 11) is 2.27. The van der Waals surface area contributed by atoms with Crippen molar-refractivity contribution in [3.8, 4) is 0 Å². The fourth-order valence-electron chi connectivity index (χ4n) is 2.05. The van der Waals surface area contributed by atoms with Crippen LogP contribution in [-0.4, -0.2) is 37.1 Å². The molecule has 1 fully saturated rings. The molecule has 1 N–H and O–H groups in total. The zero-order valence-electron chi connectivity index (χ0n) is 10.9. The molecule has 0 radical (unpaired) electrons. The van der Waals surface area contributed by atoms with Gasteiger partial charge in [-0.3, -0.25) is 0 Å². The van der Waals surface area contributed by atoms with E-state index >= 15 is 0 Å². The highest BCUT2D eigenvalue weighted by atomic mass is 15.2. The van der Waals surface area contributed by atoms with Gasteiger partial charge in [-0.2, -0.15) is 0 Å². The van der Waals surface area contributed by atoms with Crippen LogP contribution in [-0.2, 0) is 0 Å². The van der Waals surface area contributed by atoms with Crippen molar-refractivity contribution in [2.24, 2.45) is 5.92 Å². The minimum Gasteiger partial charge on any atom is -0.312 e. The Morgan fingerprint density at radius 3 is 2.47 bits per heavy atom. The van der Waals surface area contributed by atoms with Crippen molar-refractivity contribution in [1.82, 2.24) is 10.2 Å². The van der Waals surface area contributed by atoms with Crippen molar-refractivity contribution in [2.75, 3.05) is 20.1 Å². The van der Waals surface area contributed by atoms with Gasteiger partial charge in [0.15, 0.2) is 0 Å². The molecular formula is C13H28N2. The molecular weight excluding hydrogens is 184 g/mol. The van der Waals surface area contributed by atoms with Crippen LogP contribution in [0.25, 0.3) is 0 Å². The summed E-state index contributed by atoms with van der Waals surface area (Å²) in [5.41, 5.74) is 0. The highest BCUT2D eigenvalue weighted by Gasteiger charge is 2.24. The summed E-state index contributed by atoms with van der Waals surface area (Å²) < 4.78 is 0. The Morgan fingerprint density at radius 1 is 1.33 bits per heavy atom. The highest BCUT2D eigenvalue weighted by Crippen LogP contribution is 2.19. The molecule has 0 aromatic carbocycles. The van der Waals surface area contributed by atoms with Gasteiger partial charge in [0.2, 0.25) is 0 Å². The predicted octanol–water partition coefficient (Wildman–Crippen LogP) is 2.49. The van der Waals surface area contributed by atoms with E-state index in [-0.39, 0.29) is 0 Å². The number of hydrogen-bond donors (Lipinski definition) is 1. The number of unbranched alkanes of at least 4 members (excludes halogenated alkanes) is 1. The molecule has 0 spiro atoms. The average molecular weight is 212 g/mol. The lowest BCUT2D eigenvalue weighted by Crippen LogP contribution is -2.44. The van der Waals surface area contributed by atoms with Crippen LogP contribution >= 0.6 is 0 Å². The summed E-state index contributed by atoms with van der Waals surface area (Å²) >= 11 is 0. The summed E-state index contributed by atoms with van der Waals surface area (Å²) in [5, 5.41) is 3.65. The zero-order valence-corrected chi connectivity index (χ0v) is 10.9. The van der Waals surface area contributed by atoms with Crippen LogP contribution in [0.1, 0.15) is 46.5 Å². The number of rotatable bonds is 8. The fraction of sp³-hybridized carbons (Fsp3) is 1.00. The molecule has 90 valence electrons. The van der Waals surface area contributed by atoms with Gasteiger partial charge in [-0.1, -0.05) is 27.2 Å². The summed E-state index contributed by atoms with van der Waals surface area (Å²) in [5.74, 6) is 0.748. The second-order valence-electron chi connectivity index (χ2n) is 5.33. The largest absolute Gasteiger partial charge is 0.312 e. The quantitative estimate of drug-likeness (QED) is 0.665. The van der Waals surface area contributed by atoms with Gasteiger partial charge < -0.3 is 10.2 Å². The van der Waals surface area contributed by atoms with E-state index in [1.54, 1.807) is 0 Å². The van der Waals surface area contributed by atoms with Gasteiger partial charge in [0.1, 0.15) is 0 Å². The summed E-state index contributed by atoms with van der Waals surface area (Å²) in [6.45, 7) is 9.35. The van der Waals surface area contributed by atoms with Gasteiger partial charge in [0, 0.05) is 18.6 Å². The molecule has 0 aromatic rings. The second-order valence-corrected chi connectivity index (χ2v) is 5.33. The van der Waals surface area contributed by atoms with Crippen molar-refractivity contribution in [3.05, 3.63) is 0 Å². The van der Waals surface area contributed by atoms with Crippen LogP contribution in [0.5, 0.6) is 0 Å². The van der Waals surface area contributed by atoms with Crippen molar-refractivity contribution in [3.63, 3.8) is 0 Å². The van der Waals surface area contributed by atoms with Gasteiger partial charge in [0.25, 0.3) is 0 Å². The highest BCUT2D eigenvalue weighted by molar-refractivity contribution is 4.84. The maximum atomic E-state index is 3.65. The van der Waals surface area contributed by atoms with E-state index < -0.39 is 0 Å². The molecule has 1 saturated carbocycles. The Hall–Kier alpha value is -0.0800. The first kappa shape index (κ1) is 13.0. The molecule has 1 aliphatic carbocycles. The van der Waals surface area contributed by atoms with Crippen LogP contribution in [0.3, 0.4) is 0 Å². The minimum absolute atomic E-state index is 0.706. The monoisotopic (exact) mass is 212 g/mol. The third kappa shape index (κ3) is 4.98. The maximum Gasteiger partial charge on any atom is 0.0240 e. The standard InChI is InChI=1S/C13H28N2/c1-5-6-9-15(4)13(11(2)3)10-14-12-7-8-12/h11-14H,5-10H2,1-4H3. The summed E-state index contributed by atoms with van der Waals surface area (Å²) in [6, 6.07) is 1.54. The Kier molecular flexibility index (Phi) is 5.62. The molecule has 15 heavy (non-hydrogen) atoms. The van der Waals surface area contributed by atoms with Crippen LogP contribution in [0, 0.1) is 5.92 Å². The first-order valence-electron chi connectivity index (χ1n) is 6.58. The van der Waals surface area contributed by atoms with Gasteiger partial charge in [-0.15, -0.1) is 0 Å². The van der Waals surface area contributed by atoms with Gasteiger partial charge in [0.05, 0.1) is 0 Å². The zero-order chi connectivity index (χ0) is 11.3. The van der Waals surface area contributed by atoms with Crippen LogP contribution in [0.4, 0.5) is 0 Å². The number of nitrogens with one attached hydrogen (secondary N) is 1. The molecule has 2 nitrogen and oxygen atoms in total. The van der Waals surface area contributed by atoms with E-state index in [2.05, 4.69) is 38.0 Å². The van der Waals surface area contributed by atoms with E-state index in [1.807, 2.05) is 0 Å². The number of nitrogens with zero attached hydrogens (tertiary/aromatic N) is 1.